The predicted octanol–water partition coefficient (Wildman–Crippen LogP) is 0.616. The zero-order chi connectivity index (χ0) is 19.2. The molecular formula is C15H16F3N5O3. The van der Waals surface area contributed by atoms with Gasteiger partial charge in [0, 0.05) is 38.1 Å². The number of rotatable bonds is 6. The minimum Gasteiger partial charge on any atom is -0.468 e. The number of aromatic nitrogens is 1. The van der Waals surface area contributed by atoms with Gasteiger partial charge in [-0.3, -0.25) is 14.6 Å². The third-order valence-corrected chi connectivity index (χ3v) is 3.11. The van der Waals surface area contributed by atoms with Gasteiger partial charge in [0.05, 0.1) is 6.21 Å². The van der Waals surface area contributed by atoms with E-state index in [2.05, 4.69) is 30.7 Å². The first kappa shape index (κ1) is 19.2. The molecule has 1 aromatic heterocycles. The highest BCUT2D eigenvalue weighted by Gasteiger charge is 2.37. The van der Waals surface area contributed by atoms with E-state index in [9.17, 15) is 22.8 Å². The predicted molar refractivity (Wildman–Crippen MR) is 84.9 cm³/mol. The van der Waals surface area contributed by atoms with E-state index in [-0.39, 0.29) is 12.4 Å². The highest BCUT2D eigenvalue weighted by Crippen LogP contribution is 2.17. The molecule has 140 valence electrons. The molecule has 11 heteroatoms. The Bertz CT molecular complexity index is 735. The number of hydrogen-bond donors (Lipinski definition) is 3. The van der Waals surface area contributed by atoms with Crippen molar-refractivity contribution in [2.24, 2.45) is 4.99 Å². The Morgan fingerprint density at radius 3 is 2.77 bits per heavy atom. The van der Waals surface area contributed by atoms with Crippen LogP contribution in [0.15, 0.2) is 35.7 Å². The maximum atomic E-state index is 12.5. The number of pyridine rings is 1. The lowest BCUT2D eigenvalue weighted by Gasteiger charge is -2.30. The summed E-state index contributed by atoms with van der Waals surface area (Å²) >= 11 is 0. The van der Waals surface area contributed by atoms with Gasteiger partial charge in [0.25, 0.3) is 5.91 Å². The van der Waals surface area contributed by atoms with E-state index >= 15 is 0 Å². The van der Waals surface area contributed by atoms with Crippen LogP contribution >= 0.6 is 0 Å². The zero-order valence-corrected chi connectivity index (χ0v) is 13.6. The Kier molecular flexibility index (Phi) is 5.80. The number of alkyl halides is 3. The minimum absolute atomic E-state index is 0.0235. The summed E-state index contributed by atoms with van der Waals surface area (Å²) in [7, 11) is 0. The van der Waals surface area contributed by atoms with Crippen molar-refractivity contribution in [3.63, 3.8) is 0 Å². The van der Waals surface area contributed by atoms with E-state index in [4.69, 9.17) is 0 Å². The van der Waals surface area contributed by atoms with Crippen LogP contribution in [0.3, 0.4) is 0 Å². The molecule has 0 saturated heterocycles. The van der Waals surface area contributed by atoms with Crippen molar-refractivity contribution in [1.29, 1.82) is 0 Å². The van der Waals surface area contributed by atoms with Crippen molar-refractivity contribution in [2.45, 2.75) is 25.3 Å². The molecule has 1 aliphatic rings. The van der Waals surface area contributed by atoms with Crippen molar-refractivity contribution in [2.75, 3.05) is 6.61 Å². The summed E-state index contributed by atoms with van der Waals surface area (Å²) in [6.45, 7) is -0.242. The summed E-state index contributed by atoms with van der Waals surface area (Å²) in [6, 6.07) is 2.79. The molecule has 2 heterocycles. The molecule has 1 aromatic rings. The number of nitrogens with zero attached hydrogens (tertiary/aromatic N) is 2. The number of halogens is 3. The highest BCUT2D eigenvalue weighted by molar-refractivity contribution is 6.06. The van der Waals surface area contributed by atoms with E-state index < -0.39 is 30.3 Å². The molecule has 0 spiro atoms. The maximum Gasteiger partial charge on any atom is 0.422 e. The van der Waals surface area contributed by atoms with Crippen LogP contribution < -0.4 is 20.7 Å². The second-order valence-corrected chi connectivity index (χ2v) is 5.32. The van der Waals surface area contributed by atoms with Gasteiger partial charge in [-0.1, -0.05) is 0 Å². The second kappa shape index (κ2) is 7.85. The normalized spacial score (nSPS) is 18.8. The van der Waals surface area contributed by atoms with E-state index in [0.29, 0.717) is 5.56 Å². The average molecular weight is 371 g/mol. The fourth-order valence-electron chi connectivity index (χ4n) is 2.05. The fourth-order valence-corrected chi connectivity index (χ4v) is 2.05. The SMILES string of the molecule is CC(=O)NC1(C(=O)NCc2ccnc(OCC(F)(F)F)c2)C=NC=CN1. The van der Waals surface area contributed by atoms with Crippen LogP contribution in [0, 0.1) is 0 Å². The molecule has 8 nitrogen and oxygen atoms in total. The van der Waals surface area contributed by atoms with E-state index in [0.717, 1.165) is 0 Å². The number of amides is 2. The first-order valence-corrected chi connectivity index (χ1v) is 7.39. The van der Waals surface area contributed by atoms with Crippen LogP contribution in [0.1, 0.15) is 12.5 Å². The van der Waals surface area contributed by atoms with Crippen molar-refractivity contribution in [1.82, 2.24) is 20.9 Å². The number of carbonyl (C=O) groups excluding carboxylic acids is 2. The van der Waals surface area contributed by atoms with Crippen LogP contribution in [-0.4, -0.2) is 41.5 Å². The van der Waals surface area contributed by atoms with Gasteiger partial charge in [-0.25, -0.2) is 4.98 Å². The van der Waals surface area contributed by atoms with Crippen LogP contribution in [0.4, 0.5) is 13.2 Å². The lowest BCUT2D eigenvalue weighted by atomic mass is 10.1. The molecule has 2 amide bonds. The lowest BCUT2D eigenvalue weighted by Crippen LogP contribution is -2.67. The van der Waals surface area contributed by atoms with Gasteiger partial charge in [0.15, 0.2) is 6.61 Å². The Balaban J connectivity index is 2.01. The third kappa shape index (κ3) is 5.46. The topological polar surface area (TPSA) is 105 Å². The molecule has 0 saturated carbocycles. The number of nitrogens with one attached hydrogen (secondary N) is 3. The van der Waals surface area contributed by atoms with Crippen molar-refractivity contribution < 1.29 is 27.5 Å². The summed E-state index contributed by atoms with van der Waals surface area (Å²) in [4.78, 5) is 31.3. The van der Waals surface area contributed by atoms with Crippen molar-refractivity contribution in [3.8, 4) is 5.88 Å². The molecule has 1 unspecified atom stereocenters. The minimum atomic E-state index is -4.48. The van der Waals surface area contributed by atoms with E-state index in [1.54, 1.807) is 0 Å². The maximum absolute atomic E-state index is 12.5. The van der Waals surface area contributed by atoms with Crippen LogP contribution in [-0.2, 0) is 16.1 Å². The fraction of sp³-hybridized carbons (Fsp3) is 0.333. The molecule has 3 N–H and O–H groups in total. The van der Waals surface area contributed by atoms with Gasteiger partial charge in [0.1, 0.15) is 0 Å². The van der Waals surface area contributed by atoms with Gasteiger partial charge in [-0.05, 0) is 11.6 Å². The summed E-state index contributed by atoms with van der Waals surface area (Å²) in [6.07, 6.45) is 0.815. The molecule has 0 bridgehead atoms. The molecule has 0 aliphatic carbocycles. The summed E-state index contributed by atoms with van der Waals surface area (Å²) in [5, 5.41) is 7.73. The van der Waals surface area contributed by atoms with Crippen molar-refractivity contribution in [3.05, 3.63) is 36.3 Å². The molecule has 0 aromatic carbocycles. The number of aliphatic imine (C=N–C) groups is 1. The zero-order valence-electron chi connectivity index (χ0n) is 13.6. The first-order valence-electron chi connectivity index (χ1n) is 7.39. The van der Waals surface area contributed by atoms with Gasteiger partial charge < -0.3 is 20.7 Å². The summed E-state index contributed by atoms with van der Waals surface area (Å²) in [5.41, 5.74) is -1.09. The molecule has 26 heavy (non-hydrogen) atoms. The largest absolute Gasteiger partial charge is 0.468 e. The summed E-state index contributed by atoms with van der Waals surface area (Å²) in [5.74, 6) is -1.28. The standard InChI is InChI=1S/C15H16F3N5O3/c1-10(24)23-14(8-19-4-5-22-14)13(25)21-7-11-2-3-20-12(6-11)26-9-15(16,17)18/h2-6,8,22H,7,9H2,1H3,(H,21,25)(H,23,24). The van der Waals surface area contributed by atoms with Crippen LogP contribution in [0.25, 0.3) is 0 Å². The number of ether oxygens (including phenoxy) is 1. The number of carbonyl (C=O) groups is 2. The lowest BCUT2D eigenvalue weighted by molar-refractivity contribution is -0.154. The summed E-state index contributed by atoms with van der Waals surface area (Å²) < 4.78 is 41.1. The van der Waals surface area contributed by atoms with E-state index in [1.807, 2.05) is 0 Å². The van der Waals surface area contributed by atoms with Gasteiger partial charge >= 0.3 is 6.18 Å². The Labute approximate surface area is 146 Å². The quantitative estimate of drug-likeness (QED) is 0.680. The van der Waals surface area contributed by atoms with Gasteiger partial charge in [-0.15, -0.1) is 0 Å². The first-order chi connectivity index (χ1) is 12.2. The number of hydrogen-bond acceptors (Lipinski definition) is 6. The molecule has 0 fully saturated rings. The third-order valence-electron chi connectivity index (χ3n) is 3.11. The monoisotopic (exact) mass is 371 g/mol. The molecule has 2 rings (SSSR count). The molecule has 1 atom stereocenters. The highest BCUT2D eigenvalue weighted by atomic mass is 19.4. The molecular weight excluding hydrogens is 355 g/mol. The smallest absolute Gasteiger partial charge is 0.422 e. The van der Waals surface area contributed by atoms with Gasteiger partial charge in [0.2, 0.25) is 17.5 Å². The Morgan fingerprint density at radius 1 is 1.38 bits per heavy atom. The molecule has 1 aliphatic heterocycles. The van der Waals surface area contributed by atoms with Gasteiger partial charge in [-0.2, -0.15) is 13.2 Å². The molecule has 0 radical (unpaired) electrons. The second-order valence-electron chi connectivity index (χ2n) is 5.32. The Hall–Kier alpha value is -3.11. The van der Waals surface area contributed by atoms with Crippen molar-refractivity contribution >= 4 is 18.0 Å². The van der Waals surface area contributed by atoms with E-state index in [1.165, 1.54) is 43.9 Å². The average Bonchev–Trinajstić information content (AvgIpc) is 2.58. The Morgan fingerprint density at radius 2 is 2.15 bits per heavy atom. The van der Waals surface area contributed by atoms with Crippen LogP contribution in [0.2, 0.25) is 0 Å². The van der Waals surface area contributed by atoms with Crippen LogP contribution in [0.5, 0.6) is 5.88 Å².